The first-order valence-corrected chi connectivity index (χ1v) is 4.02. The van der Waals surface area contributed by atoms with Crippen LogP contribution in [0.2, 0.25) is 0 Å². The van der Waals surface area contributed by atoms with Crippen molar-refractivity contribution in [3.63, 3.8) is 0 Å². The zero-order chi connectivity index (χ0) is 3.58. The van der Waals surface area contributed by atoms with Crippen molar-refractivity contribution in [2.24, 2.45) is 0 Å². The third-order valence-corrected chi connectivity index (χ3v) is 0. The Morgan fingerprint density at radius 3 is 1.00 bits per heavy atom. The van der Waals surface area contributed by atoms with Crippen LogP contribution < -0.4 is 0 Å². The van der Waals surface area contributed by atoms with Gasteiger partial charge in [-0.05, 0) is 20.0 Å². The van der Waals surface area contributed by atoms with Gasteiger partial charge in [-0.3, -0.25) is 0 Å². The van der Waals surface area contributed by atoms with E-state index in [1.807, 2.05) is 0 Å². The summed E-state index contributed by atoms with van der Waals surface area (Å²) in [5, 5.41) is 0. The van der Waals surface area contributed by atoms with Crippen LogP contribution in [-0.2, 0) is 0 Å². The number of rotatable bonds is 0. The van der Waals surface area contributed by atoms with Crippen molar-refractivity contribution in [3.05, 3.63) is 0 Å². The fourth-order valence-corrected chi connectivity index (χ4v) is 0. The van der Waals surface area contributed by atoms with E-state index in [-0.39, 0.29) is 18.9 Å². The molecule has 0 bridgehead atoms. The average molecular weight is 84.0 g/mol. The fourth-order valence-electron chi connectivity index (χ4n) is 0. The molecule has 0 saturated heterocycles. The second-order valence-corrected chi connectivity index (χ2v) is 4.02. The van der Waals surface area contributed by atoms with Crippen LogP contribution in [0.1, 0.15) is 0 Å². The first-order chi connectivity index (χ1) is 1.73. The van der Waals surface area contributed by atoms with E-state index in [2.05, 4.69) is 20.0 Å². The Kier molecular flexibility index (Phi) is 9.44. The molecule has 0 heterocycles. The van der Waals surface area contributed by atoms with E-state index in [0.29, 0.717) is 7.92 Å². The van der Waals surface area contributed by atoms with Gasteiger partial charge in [-0.2, -0.15) is 0 Å². The molecule has 0 aromatic heterocycles. The minimum absolute atomic E-state index is 0. The third kappa shape index (κ3) is 43.7. The molecule has 0 spiro atoms. The fraction of sp³-hybridized carbons (Fsp3) is 1.00. The molecule has 0 rings (SSSR count). The van der Waals surface area contributed by atoms with Crippen LogP contribution in [0.5, 0.6) is 0 Å². The Bertz CT molecular complexity index is 11.6. The molecule has 0 aliphatic carbocycles. The second kappa shape index (κ2) is 5.03. The molecule has 28 valence electrons. The van der Waals surface area contributed by atoms with Crippen molar-refractivity contribution < 1.29 is 0 Å². The van der Waals surface area contributed by atoms with Gasteiger partial charge in [-0.25, -0.2) is 0 Å². The average Bonchev–Trinajstić information content (AvgIpc) is 0.811. The van der Waals surface area contributed by atoms with Gasteiger partial charge < -0.3 is 0 Å². The van der Waals surface area contributed by atoms with Crippen molar-refractivity contribution in [2.75, 3.05) is 20.0 Å². The molecule has 0 aromatic rings. The molecule has 0 unspecified atom stereocenters. The maximum absolute atomic E-state index is 2.23. The van der Waals surface area contributed by atoms with Crippen molar-refractivity contribution >= 4 is 26.8 Å². The van der Waals surface area contributed by atoms with Gasteiger partial charge in [0.1, 0.15) is 0 Å². The van der Waals surface area contributed by atoms with Crippen LogP contribution in [0.3, 0.4) is 0 Å². The van der Waals surface area contributed by atoms with E-state index >= 15 is 0 Å². The molecule has 0 amide bonds. The summed E-state index contributed by atoms with van der Waals surface area (Å²) in [6.45, 7) is 6.69. The molecule has 5 heavy (non-hydrogen) atoms. The molecule has 0 N–H and O–H groups in total. The summed E-state index contributed by atoms with van der Waals surface area (Å²) in [7, 11) is 0.380. The molecule has 0 aliphatic heterocycles. The van der Waals surface area contributed by atoms with Gasteiger partial charge in [0.15, 0.2) is 0 Å². The Labute approximate surface area is 47.3 Å². The molecule has 0 atom stereocenters. The zero-order valence-electron chi connectivity index (χ0n) is 3.45. The summed E-state index contributed by atoms with van der Waals surface area (Å²) < 4.78 is 0. The van der Waals surface area contributed by atoms with Gasteiger partial charge in [-0.1, -0.05) is 0 Å². The summed E-state index contributed by atoms with van der Waals surface area (Å²) in [5.74, 6) is 0. The van der Waals surface area contributed by atoms with Crippen LogP contribution in [-0.4, -0.2) is 38.9 Å². The molecular formula is C3H10LiP. The van der Waals surface area contributed by atoms with E-state index in [4.69, 9.17) is 0 Å². The predicted molar refractivity (Wildman–Crippen MR) is 31.8 cm³/mol. The van der Waals surface area contributed by atoms with Crippen LogP contribution in [0.15, 0.2) is 0 Å². The SMILES string of the molecule is CP(C)C.[LiH]. The van der Waals surface area contributed by atoms with Crippen molar-refractivity contribution in [1.29, 1.82) is 0 Å². The molecule has 0 fully saturated rings. The molecule has 0 aliphatic rings. The Balaban J connectivity index is 0. The van der Waals surface area contributed by atoms with Crippen molar-refractivity contribution in [2.45, 2.75) is 0 Å². The second-order valence-electron chi connectivity index (χ2n) is 1.34. The van der Waals surface area contributed by atoms with Crippen LogP contribution in [0.4, 0.5) is 0 Å². The number of hydrogen-bond acceptors (Lipinski definition) is 0. The first-order valence-electron chi connectivity index (χ1n) is 1.34. The minimum atomic E-state index is 0. The zero-order valence-corrected chi connectivity index (χ0v) is 4.34. The third-order valence-electron chi connectivity index (χ3n) is 0. The number of hydrogen-bond donors (Lipinski definition) is 0. The molecule has 0 nitrogen and oxygen atoms in total. The normalized spacial score (nSPS) is 7.20. The van der Waals surface area contributed by atoms with Gasteiger partial charge in [-0.15, -0.1) is 7.92 Å². The standard InChI is InChI=1S/C3H9P.Li.H/c1-4(2)3;;/h1-3H3;;. The van der Waals surface area contributed by atoms with Gasteiger partial charge in [0.25, 0.3) is 0 Å². The van der Waals surface area contributed by atoms with Crippen molar-refractivity contribution in [1.82, 2.24) is 0 Å². The van der Waals surface area contributed by atoms with E-state index < -0.39 is 0 Å². The van der Waals surface area contributed by atoms with E-state index in [0.717, 1.165) is 0 Å². The van der Waals surface area contributed by atoms with E-state index in [1.165, 1.54) is 0 Å². The quantitative estimate of drug-likeness (QED) is 0.299. The molecular weight excluding hydrogens is 73.9 g/mol. The Morgan fingerprint density at radius 2 is 1.00 bits per heavy atom. The summed E-state index contributed by atoms with van der Waals surface area (Å²) in [6.07, 6.45) is 0. The Hall–Kier alpha value is 1.03. The first kappa shape index (κ1) is 9.39. The van der Waals surface area contributed by atoms with E-state index in [1.54, 1.807) is 0 Å². The maximum atomic E-state index is 2.23. The van der Waals surface area contributed by atoms with Crippen LogP contribution >= 0.6 is 7.92 Å². The summed E-state index contributed by atoms with van der Waals surface area (Å²) >= 11 is 0. The van der Waals surface area contributed by atoms with Gasteiger partial charge in [0.2, 0.25) is 0 Å². The monoisotopic (exact) mass is 84.1 g/mol. The predicted octanol–water partition coefficient (Wildman–Crippen LogP) is 0.709. The van der Waals surface area contributed by atoms with Gasteiger partial charge >= 0.3 is 18.9 Å². The van der Waals surface area contributed by atoms with E-state index in [9.17, 15) is 0 Å². The summed E-state index contributed by atoms with van der Waals surface area (Å²) in [4.78, 5) is 0. The van der Waals surface area contributed by atoms with Crippen molar-refractivity contribution in [3.8, 4) is 0 Å². The van der Waals surface area contributed by atoms with Crippen LogP contribution in [0, 0.1) is 0 Å². The topological polar surface area (TPSA) is 0 Å². The summed E-state index contributed by atoms with van der Waals surface area (Å²) in [5.41, 5.74) is 0. The van der Waals surface area contributed by atoms with Gasteiger partial charge in [0, 0.05) is 0 Å². The molecule has 0 aromatic carbocycles. The summed E-state index contributed by atoms with van der Waals surface area (Å²) in [6, 6.07) is 0. The molecule has 0 radical (unpaired) electrons. The molecule has 0 saturated carbocycles. The molecule has 2 heteroatoms. The Morgan fingerprint density at radius 1 is 1.00 bits per heavy atom. The van der Waals surface area contributed by atoms with Crippen LogP contribution in [0.25, 0.3) is 0 Å². The van der Waals surface area contributed by atoms with Gasteiger partial charge in [0.05, 0.1) is 0 Å².